The molecule has 0 radical (unpaired) electrons. The van der Waals surface area contributed by atoms with Crippen LogP contribution >= 0.6 is 0 Å². The summed E-state index contributed by atoms with van der Waals surface area (Å²) in [5.74, 6) is 0.776. The van der Waals surface area contributed by atoms with Gasteiger partial charge in [-0.25, -0.2) is 8.42 Å². The summed E-state index contributed by atoms with van der Waals surface area (Å²) in [5.41, 5.74) is 4.10. The summed E-state index contributed by atoms with van der Waals surface area (Å²) in [5, 5.41) is 0. The predicted octanol–water partition coefficient (Wildman–Crippen LogP) is 2.58. The molecule has 0 aromatic heterocycles. The van der Waals surface area contributed by atoms with E-state index in [9.17, 15) is 8.42 Å². The largest absolute Gasteiger partial charge is 0.489 e. The topological polar surface area (TPSA) is 49.9 Å². The molecule has 3 aliphatic rings. The number of hydrogen-bond acceptors (Lipinski definition) is 4. The lowest BCUT2D eigenvalue weighted by molar-refractivity contribution is 0.307. The Kier molecular flexibility index (Phi) is 3.25. The minimum atomic E-state index is -3.57. The number of ether oxygens (including phenoxy) is 1. The highest BCUT2D eigenvalue weighted by atomic mass is 32.2. The summed E-state index contributed by atoms with van der Waals surface area (Å²) in [6, 6.07) is 11.3. The lowest BCUT2D eigenvalue weighted by atomic mass is 10.1. The van der Waals surface area contributed by atoms with Crippen molar-refractivity contribution >= 4 is 21.4 Å². The monoisotopic (exact) mass is 356 g/mol. The molecule has 0 bridgehead atoms. The van der Waals surface area contributed by atoms with Gasteiger partial charge in [-0.3, -0.25) is 4.31 Å². The molecule has 2 heterocycles. The summed E-state index contributed by atoms with van der Waals surface area (Å²) < 4.78 is 34.0. The Morgan fingerprint density at radius 2 is 1.84 bits per heavy atom. The van der Waals surface area contributed by atoms with Crippen LogP contribution in [0.15, 0.2) is 41.3 Å². The molecule has 0 saturated carbocycles. The van der Waals surface area contributed by atoms with Crippen LogP contribution in [-0.4, -0.2) is 34.7 Å². The van der Waals surface area contributed by atoms with E-state index >= 15 is 0 Å². The van der Waals surface area contributed by atoms with Gasteiger partial charge in [0.15, 0.2) is 0 Å². The molecule has 0 N–H and O–H groups in total. The van der Waals surface area contributed by atoms with E-state index in [1.54, 1.807) is 10.4 Å². The van der Waals surface area contributed by atoms with Crippen LogP contribution in [0.2, 0.25) is 0 Å². The normalized spacial score (nSPS) is 18.6. The van der Waals surface area contributed by atoms with Crippen molar-refractivity contribution in [1.82, 2.24) is 0 Å². The molecular weight excluding hydrogens is 336 g/mol. The fraction of sp³-hybridized carbons (Fsp3) is 0.368. The van der Waals surface area contributed by atoms with Crippen molar-refractivity contribution < 1.29 is 13.2 Å². The number of rotatable bonds is 2. The molecule has 5 nitrogen and oxygen atoms in total. The number of nitrogens with zero attached hydrogens (tertiary/aromatic N) is 2. The highest BCUT2D eigenvalue weighted by molar-refractivity contribution is 7.92. The smallest absolute Gasteiger partial charge is 0.264 e. The van der Waals surface area contributed by atoms with Gasteiger partial charge in [-0.15, -0.1) is 0 Å². The van der Waals surface area contributed by atoms with Crippen molar-refractivity contribution in [3.8, 4) is 5.75 Å². The summed E-state index contributed by atoms with van der Waals surface area (Å²) in [4.78, 5) is 2.62. The first-order valence-corrected chi connectivity index (χ1v) is 10.2. The van der Waals surface area contributed by atoms with Crippen LogP contribution in [0.3, 0.4) is 0 Å². The molecule has 1 aliphatic carbocycles. The maximum Gasteiger partial charge on any atom is 0.264 e. The Labute approximate surface area is 147 Å². The van der Waals surface area contributed by atoms with Crippen molar-refractivity contribution in [1.29, 1.82) is 0 Å². The highest BCUT2D eigenvalue weighted by Gasteiger charge is 2.35. The van der Waals surface area contributed by atoms with Crippen LogP contribution in [0.25, 0.3) is 0 Å². The van der Waals surface area contributed by atoms with E-state index in [1.807, 2.05) is 30.3 Å². The quantitative estimate of drug-likeness (QED) is 0.830. The summed E-state index contributed by atoms with van der Waals surface area (Å²) in [6.45, 7) is 2.61. The first kappa shape index (κ1) is 15.1. The standard InChI is InChI=1S/C19H20N2O3S/c22-25(23,16-8-7-14-3-1-4-15(14)13-16)21-10-9-20-11-12-24-18-6-2-5-17(21)19(18)20/h2,5-8,13H,1,3-4,9-12H2. The van der Waals surface area contributed by atoms with E-state index in [4.69, 9.17) is 4.74 Å². The second-order valence-corrected chi connectivity index (χ2v) is 8.68. The second kappa shape index (κ2) is 5.39. The van der Waals surface area contributed by atoms with E-state index in [-0.39, 0.29) is 0 Å². The van der Waals surface area contributed by atoms with Gasteiger partial charge < -0.3 is 9.64 Å². The zero-order valence-corrected chi connectivity index (χ0v) is 14.8. The molecule has 2 aromatic rings. The molecule has 0 unspecified atom stereocenters. The molecule has 0 saturated heterocycles. The third-order valence-corrected chi connectivity index (χ3v) is 7.22. The van der Waals surface area contributed by atoms with Crippen LogP contribution in [-0.2, 0) is 22.9 Å². The molecule has 5 rings (SSSR count). The van der Waals surface area contributed by atoms with Gasteiger partial charge in [0.1, 0.15) is 18.0 Å². The number of fused-ring (bicyclic) bond motifs is 1. The van der Waals surface area contributed by atoms with Crippen molar-refractivity contribution in [3.63, 3.8) is 0 Å². The van der Waals surface area contributed by atoms with Gasteiger partial charge in [-0.05, 0) is 54.7 Å². The molecule has 0 amide bonds. The predicted molar refractivity (Wildman–Crippen MR) is 97.1 cm³/mol. The van der Waals surface area contributed by atoms with E-state index in [2.05, 4.69) is 4.90 Å². The number of hydrogen-bond donors (Lipinski definition) is 0. The highest BCUT2D eigenvalue weighted by Crippen LogP contribution is 2.44. The van der Waals surface area contributed by atoms with Crippen molar-refractivity contribution in [2.45, 2.75) is 24.2 Å². The SMILES string of the molecule is O=S(=O)(c1ccc2c(c1)CCC2)N1CCN2CCOc3cccc1c32. The number of aryl methyl sites for hydroxylation is 2. The number of benzene rings is 2. The molecule has 0 fully saturated rings. The van der Waals surface area contributed by atoms with Gasteiger partial charge in [-0.2, -0.15) is 0 Å². The minimum Gasteiger partial charge on any atom is -0.489 e. The third-order valence-electron chi connectivity index (χ3n) is 5.41. The first-order chi connectivity index (χ1) is 12.1. The molecule has 2 aromatic carbocycles. The molecule has 0 atom stereocenters. The maximum absolute atomic E-state index is 13.3. The van der Waals surface area contributed by atoms with E-state index < -0.39 is 10.0 Å². The second-order valence-electron chi connectivity index (χ2n) is 6.82. The van der Waals surface area contributed by atoms with Crippen molar-refractivity contribution in [3.05, 3.63) is 47.5 Å². The zero-order valence-electron chi connectivity index (χ0n) is 13.9. The maximum atomic E-state index is 13.3. The fourth-order valence-corrected chi connectivity index (χ4v) is 5.68. The minimum absolute atomic E-state index is 0.399. The van der Waals surface area contributed by atoms with Gasteiger partial charge in [0.25, 0.3) is 10.0 Å². The van der Waals surface area contributed by atoms with Crippen molar-refractivity contribution in [2.75, 3.05) is 35.4 Å². The summed E-state index contributed by atoms with van der Waals surface area (Å²) >= 11 is 0. The van der Waals surface area contributed by atoms with Gasteiger partial charge >= 0.3 is 0 Å². The lowest BCUT2D eigenvalue weighted by Crippen LogP contribution is -2.46. The molecule has 0 spiro atoms. The number of anilines is 2. The molecule has 2 aliphatic heterocycles. The van der Waals surface area contributed by atoms with Crippen LogP contribution in [0.1, 0.15) is 17.5 Å². The first-order valence-electron chi connectivity index (χ1n) is 8.80. The Morgan fingerprint density at radius 3 is 2.76 bits per heavy atom. The van der Waals surface area contributed by atoms with E-state index in [1.165, 1.54) is 11.1 Å². The summed E-state index contributed by atoms with van der Waals surface area (Å²) in [6.07, 6.45) is 3.14. The van der Waals surface area contributed by atoms with E-state index in [0.717, 1.165) is 42.9 Å². The van der Waals surface area contributed by atoms with Gasteiger partial charge in [-0.1, -0.05) is 12.1 Å². The van der Waals surface area contributed by atoms with Crippen LogP contribution in [0, 0.1) is 0 Å². The molecular formula is C19H20N2O3S. The van der Waals surface area contributed by atoms with E-state index in [0.29, 0.717) is 24.6 Å². The third kappa shape index (κ3) is 2.24. The van der Waals surface area contributed by atoms with Gasteiger partial charge in [0.05, 0.1) is 23.7 Å². The number of para-hydroxylation sites is 1. The zero-order chi connectivity index (χ0) is 17.0. The van der Waals surface area contributed by atoms with Crippen LogP contribution in [0.4, 0.5) is 11.4 Å². The van der Waals surface area contributed by atoms with Gasteiger partial charge in [0, 0.05) is 6.54 Å². The van der Waals surface area contributed by atoms with Crippen LogP contribution < -0.4 is 13.9 Å². The Balaban J connectivity index is 1.61. The summed E-state index contributed by atoms with van der Waals surface area (Å²) in [7, 11) is -3.57. The average molecular weight is 356 g/mol. The fourth-order valence-electron chi connectivity index (χ4n) is 4.17. The van der Waals surface area contributed by atoms with Crippen LogP contribution in [0.5, 0.6) is 5.75 Å². The Morgan fingerprint density at radius 1 is 0.960 bits per heavy atom. The lowest BCUT2D eigenvalue weighted by Gasteiger charge is -2.41. The number of sulfonamides is 1. The average Bonchev–Trinajstić information content (AvgIpc) is 3.10. The van der Waals surface area contributed by atoms with Gasteiger partial charge in [0.2, 0.25) is 0 Å². The molecule has 130 valence electrons. The Hall–Kier alpha value is -2.21. The van der Waals surface area contributed by atoms with Crippen molar-refractivity contribution in [2.24, 2.45) is 0 Å². The Bertz CT molecular complexity index is 955. The molecule has 6 heteroatoms. The molecule has 25 heavy (non-hydrogen) atoms.